The number of rotatable bonds is 11. The normalized spacial score (nSPS) is 12.1. The van der Waals surface area contributed by atoms with Crippen molar-refractivity contribution in [1.82, 2.24) is 4.90 Å². The van der Waals surface area contributed by atoms with E-state index >= 15 is 0 Å². The van der Waals surface area contributed by atoms with E-state index in [-0.39, 0.29) is 5.92 Å². The van der Waals surface area contributed by atoms with Crippen LogP contribution in [-0.2, 0) is 24.3 Å². The summed E-state index contributed by atoms with van der Waals surface area (Å²) in [5.74, 6) is 0.452. The Morgan fingerprint density at radius 2 is 1.17 bits per heavy atom. The van der Waals surface area contributed by atoms with E-state index in [9.17, 15) is 4.79 Å². The number of ketones is 1. The second kappa shape index (κ2) is 11.3. The van der Waals surface area contributed by atoms with Crippen molar-refractivity contribution in [2.24, 2.45) is 5.92 Å². The van der Waals surface area contributed by atoms with Crippen molar-refractivity contribution in [2.75, 3.05) is 6.54 Å². The molecule has 0 radical (unpaired) electrons. The quantitative estimate of drug-likeness (QED) is 0.408. The van der Waals surface area contributed by atoms with Gasteiger partial charge in [0.15, 0.2) is 0 Å². The van der Waals surface area contributed by atoms with Crippen molar-refractivity contribution in [3.8, 4) is 0 Å². The van der Waals surface area contributed by atoms with Gasteiger partial charge < -0.3 is 0 Å². The van der Waals surface area contributed by atoms with E-state index in [0.717, 1.165) is 32.5 Å². The highest BCUT2D eigenvalue weighted by molar-refractivity contribution is 5.81. The Balaban J connectivity index is 1.65. The van der Waals surface area contributed by atoms with Crippen LogP contribution in [0.5, 0.6) is 0 Å². The average molecular weight is 386 g/mol. The minimum Gasteiger partial charge on any atom is -0.299 e. The molecule has 2 heteroatoms. The molecule has 1 unspecified atom stereocenters. The fourth-order valence-corrected chi connectivity index (χ4v) is 3.75. The van der Waals surface area contributed by atoms with E-state index in [2.05, 4.69) is 72.5 Å². The number of carbonyl (C=O) groups excluding carboxylic acids is 1. The number of hydrogen-bond acceptors (Lipinski definition) is 2. The van der Waals surface area contributed by atoms with Gasteiger partial charge in [0.1, 0.15) is 5.78 Å². The maximum Gasteiger partial charge on any atom is 0.137 e. The number of aryl methyl sites for hydroxylation is 1. The first-order chi connectivity index (χ1) is 14.2. The topological polar surface area (TPSA) is 20.3 Å². The van der Waals surface area contributed by atoms with E-state index in [1.54, 1.807) is 0 Å². The summed E-state index contributed by atoms with van der Waals surface area (Å²) in [6.45, 7) is 4.65. The van der Waals surface area contributed by atoms with Gasteiger partial charge in [0.25, 0.3) is 0 Å². The van der Waals surface area contributed by atoms with Gasteiger partial charge >= 0.3 is 0 Å². The molecule has 0 saturated carbocycles. The van der Waals surface area contributed by atoms with Gasteiger partial charge in [-0.25, -0.2) is 0 Å². The number of hydrogen-bond donors (Lipinski definition) is 0. The van der Waals surface area contributed by atoms with Gasteiger partial charge in [-0.05, 0) is 29.5 Å². The van der Waals surface area contributed by atoms with Gasteiger partial charge in [-0.2, -0.15) is 0 Å². The molecule has 1 atom stereocenters. The molecule has 0 heterocycles. The molecule has 3 aromatic carbocycles. The fraction of sp³-hybridized carbons (Fsp3) is 0.296. The number of nitrogens with zero attached hydrogens (tertiary/aromatic N) is 1. The zero-order chi connectivity index (χ0) is 20.3. The van der Waals surface area contributed by atoms with Crippen molar-refractivity contribution in [3.63, 3.8) is 0 Å². The lowest BCUT2D eigenvalue weighted by molar-refractivity contribution is -0.123. The summed E-state index contributed by atoms with van der Waals surface area (Å²) in [6, 6.07) is 31.4. The first-order valence-corrected chi connectivity index (χ1v) is 10.6. The molecular weight excluding hydrogens is 354 g/mol. The van der Waals surface area contributed by atoms with Crippen LogP contribution < -0.4 is 0 Å². The molecule has 0 aliphatic rings. The third-order valence-corrected chi connectivity index (χ3v) is 5.43. The van der Waals surface area contributed by atoms with E-state index in [4.69, 9.17) is 0 Å². The fourth-order valence-electron chi connectivity index (χ4n) is 3.75. The van der Waals surface area contributed by atoms with Crippen LogP contribution >= 0.6 is 0 Å². The van der Waals surface area contributed by atoms with Crippen LogP contribution in [-0.4, -0.2) is 17.2 Å². The molecule has 3 aromatic rings. The highest BCUT2D eigenvalue weighted by Crippen LogP contribution is 2.17. The molecule has 150 valence electrons. The summed E-state index contributed by atoms with van der Waals surface area (Å²) in [6.07, 6.45) is 2.33. The molecule has 0 spiro atoms. The smallest absolute Gasteiger partial charge is 0.137 e. The van der Waals surface area contributed by atoms with Crippen molar-refractivity contribution < 1.29 is 4.79 Å². The second-order valence-corrected chi connectivity index (χ2v) is 7.70. The maximum atomic E-state index is 13.0. The summed E-state index contributed by atoms with van der Waals surface area (Å²) in [5, 5.41) is 0. The van der Waals surface area contributed by atoms with Crippen molar-refractivity contribution in [3.05, 3.63) is 108 Å². The van der Waals surface area contributed by atoms with Gasteiger partial charge in [0.2, 0.25) is 0 Å². The summed E-state index contributed by atoms with van der Waals surface area (Å²) < 4.78 is 0. The van der Waals surface area contributed by atoms with Gasteiger partial charge in [-0.1, -0.05) is 97.9 Å². The van der Waals surface area contributed by atoms with E-state index in [1.165, 1.54) is 16.7 Å². The van der Waals surface area contributed by atoms with Gasteiger partial charge in [-0.15, -0.1) is 0 Å². The lowest BCUT2D eigenvalue weighted by atomic mass is 9.94. The van der Waals surface area contributed by atoms with Crippen molar-refractivity contribution in [1.29, 1.82) is 0 Å². The zero-order valence-electron chi connectivity index (χ0n) is 17.3. The summed E-state index contributed by atoms with van der Waals surface area (Å²) in [5.41, 5.74) is 3.81. The predicted octanol–water partition coefficient (Wildman–Crippen LogP) is 5.92. The Bertz CT molecular complexity index is 804. The third-order valence-electron chi connectivity index (χ3n) is 5.43. The van der Waals surface area contributed by atoms with Crippen LogP contribution in [0, 0.1) is 5.92 Å². The molecule has 0 amide bonds. The third kappa shape index (κ3) is 6.99. The maximum absolute atomic E-state index is 13.0. The molecule has 0 fully saturated rings. The van der Waals surface area contributed by atoms with Crippen LogP contribution in [0.1, 0.15) is 36.5 Å². The highest BCUT2D eigenvalue weighted by atomic mass is 16.1. The molecule has 0 bridgehead atoms. The van der Waals surface area contributed by atoms with Gasteiger partial charge in [0, 0.05) is 32.0 Å². The van der Waals surface area contributed by atoms with E-state index in [1.807, 2.05) is 30.3 Å². The minimum absolute atomic E-state index is 0.0751. The van der Waals surface area contributed by atoms with Crippen LogP contribution in [0.4, 0.5) is 0 Å². The van der Waals surface area contributed by atoms with Crippen molar-refractivity contribution >= 4 is 5.78 Å². The lowest BCUT2D eigenvalue weighted by Crippen LogP contribution is -2.32. The second-order valence-electron chi connectivity index (χ2n) is 7.70. The Morgan fingerprint density at radius 1 is 0.724 bits per heavy atom. The van der Waals surface area contributed by atoms with Crippen LogP contribution in [0.15, 0.2) is 91.0 Å². The SMILES string of the molecule is CCC(CN(Cc1ccccc1)Cc1ccccc1)C(=O)CCc1ccccc1. The molecule has 0 saturated heterocycles. The average Bonchev–Trinajstić information content (AvgIpc) is 2.78. The van der Waals surface area contributed by atoms with Crippen LogP contribution in [0.3, 0.4) is 0 Å². The number of carbonyl (C=O) groups is 1. The van der Waals surface area contributed by atoms with Gasteiger partial charge in [0.05, 0.1) is 0 Å². The van der Waals surface area contributed by atoms with E-state index < -0.39 is 0 Å². The van der Waals surface area contributed by atoms with Gasteiger partial charge in [-0.3, -0.25) is 9.69 Å². The Hall–Kier alpha value is -2.71. The zero-order valence-corrected chi connectivity index (χ0v) is 17.3. The molecule has 29 heavy (non-hydrogen) atoms. The Labute approximate surface area is 175 Å². The molecule has 0 aromatic heterocycles. The van der Waals surface area contributed by atoms with Crippen LogP contribution in [0.25, 0.3) is 0 Å². The number of benzene rings is 3. The first-order valence-electron chi connectivity index (χ1n) is 10.6. The number of Topliss-reactive ketones (excluding diaryl/α,β-unsaturated/α-hetero) is 1. The molecular formula is C27H31NO. The largest absolute Gasteiger partial charge is 0.299 e. The molecule has 0 aliphatic heterocycles. The summed E-state index contributed by atoms with van der Waals surface area (Å²) in [4.78, 5) is 15.4. The minimum atomic E-state index is 0.0751. The van der Waals surface area contributed by atoms with E-state index in [0.29, 0.717) is 12.2 Å². The standard InChI is InChI=1S/C27H31NO/c1-2-26(27(29)19-18-23-12-6-3-7-13-23)22-28(20-24-14-8-4-9-15-24)21-25-16-10-5-11-17-25/h3-17,26H,2,18-22H2,1H3. The monoisotopic (exact) mass is 385 g/mol. The highest BCUT2D eigenvalue weighted by Gasteiger charge is 2.20. The Kier molecular flexibility index (Phi) is 8.21. The molecule has 2 nitrogen and oxygen atoms in total. The predicted molar refractivity (Wildman–Crippen MR) is 121 cm³/mol. The van der Waals surface area contributed by atoms with Crippen LogP contribution in [0.2, 0.25) is 0 Å². The molecule has 0 aliphatic carbocycles. The first kappa shape index (κ1) is 21.0. The Morgan fingerprint density at radius 3 is 1.62 bits per heavy atom. The summed E-state index contributed by atoms with van der Waals surface area (Å²) >= 11 is 0. The molecule has 3 rings (SSSR count). The lowest BCUT2D eigenvalue weighted by Gasteiger charge is -2.27. The summed E-state index contributed by atoms with van der Waals surface area (Å²) in [7, 11) is 0. The molecule has 0 N–H and O–H groups in total. The van der Waals surface area contributed by atoms with Crippen molar-refractivity contribution in [2.45, 2.75) is 39.3 Å².